The first-order chi connectivity index (χ1) is 18.8. The molecule has 1 aliphatic heterocycles. The van der Waals surface area contributed by atoms with E-state index in [0.717, 1.165) is 88.8 Å². The molecule has 7 nitrogen and oxygen atoms in total. The lowest BCUT2D eigenvalue weighted by Crippen LogP contribution is -2.65. The van der Waals surface area contributed by atoms with Gasteiger partial charge >= 0.3 is 0 Å². The zero-order valence-electron chi connectivity index (χ0n) is 23.0. The molecular formula is C31H41FN4O3. The molecule has 2 atom stereocenters. The summed E-state index contributed by atoms with van der Waals surface area (Å²) in [5.74, 6) is 1.88. The van der Waals surface area contributed by atoms with Crippen LogP contribution < -0.4 is 15.0 Å². The number of rotatable bonds is 9. The molecule has 1 aromatic carbocycles. The van der Waals surface area contributed by atoms with Gasteiger partial charge in [-0.15, -0.1) is 0 Å². The molecule has 7 rings (SSSR count). The smallest absolute Gasteiger partial charge is 0.254 e. The third kappa shape index (κ3) is 5.76. The Balaban J connectivity index is 0.947. The van der Waals surface area contributed by atoms with Gasteiger partial charge < -0.3 is 20.1 Å². The van der Waals surface area contributed by atoms with E-state index in [9.17, 15) is 14.3 Å². The molecule has 8 heteroatoms. The van der Waals surface area contributed by atoms with Crippen LogP contribution in [0.2, 0.25) is 0 Å². The van der Waals surface area contributed by atoms with Crippen LogP contribution in [0.15, 0.2) is 30.6 Å². The van der Waals surface area contributed by atoms with Gasteiger partial charge in [0.1, 0.15) is 11.6 Å². The average Bonchev–Trinajstić information content (AvgIpc) is 2.90. The predicted molar refractivity (Wildman–Crippen MR) is 147 cm³/mol. The van der Waals surface area contributed by atoms with E-state index in [1.807, 2.05) is 12.4 Å². The van der Waals surface area contributed by atoms with E-state index in [2.05, 4.69) is 27.1 Å². The van der Waals surface area contributed by atoms with Gasteiger partial charge in [0.05, 0.1) is 17.8 Å². The third-order valence-corrected chi connectivity index (χ3v) is 9.62. The highest BCUT2D eigenvalue weighted by Gasteiger charge is 2.57. The minimum atomic E-state index is -0.667. The maximum Gasteiger partial charge on any atom is 0.254 e. The quantitative estimate of drug-likeness (QED) is 0.436. The van der Waals surface area contributed by atoms with Crippen LogP contribution in [-0.4, -0.2) is 51.8 Å². The molecule has 4 aliphatic carbocycles. The zero-order chi connectivity index (χ0) is 27.0. The van der Waals surface area contributed by atoms with E-state index in [1.165, 1.54) is 12.1 Å². The fraction of sp³-hybridized carbons (Fsp3) is 0.645. The van der Waals surface area contributed by atoms with Crippen molar-refractivity contribution in [3.8, 4) is 5.75 Å². The van der Waals surface area contributed by atoms with Crippen LogP contribution >= 0.6 is 0 Å². The number of aromatic nitrogens is 2. The summed E-state index contributed by atoms with van der Waals surface area (Å²) in [5.41, 5.74) is 0.134. The number of aliphatic hydroxyl groups is 1. The number of amides is 1. The van der Waals surface area contributed by atoms with Crippen molar-refractivity contribution < 1.29 is 19.0 Å². The van der Waals surface area contributed by atoms with Gasteiger partial charge in [0, 0.05) is 37.1 Å². The lowest BCUT2D eigenvalue weighted by Gasteiger charge is -2.60. The van der Waals surface area contributed by atoms with Gasteiger partial charge in [0.15, 0.2) is 0 Å². The van der Waals surface area contributed by atoms with Gasteiger partial charge in [0.25, 0.3) is 5.91 Å². The van der Waals surface area contributed by atoms with Crippen molar-refractivity contribution in [2.75, 3.05) is 24.6 Å². The predicted octanol–water partition coefficient (Wildman–Crippen LogP) is 5.07. The Hall–Kier alpha value is -2.74. The van der Waals surface area contributed by atoms with Crippen LogP contribution in [0.25, 0.3) is 0 Å². The van der Waals surface area contributed by atoms with Crippen molar-refractivity contribution in [2.45, 2.75) is 88.7 Å². The standard InChI is InChI=1S/C31H41FN4O3/c1-2-21-18-33-29(34-19-21)36-9-7-22(8-10-36)4-3-11-39-25-5-6-26(27(32)13-25)28(37)35-30-14-23-12-24(15-30)17-31(38,16-23)20-30/h5-6,13,18-19,22-24,38H,2-4,7-12,14-17,20H2,1H3,(H,35,37). The fourth-order valence-electron chi connectivity index (χ4n) is 8.12. The highest BCUT2D eigenvalue weighted by Crippen LogP contribution is 2.57. The number of aryl methyl sites for hydroxylation is 1. The number of hydrogen-bond acceptors (Lipinski definition) is 6. The number of hydrogen-bond donors (Lipinski definition) is 2. The van der Waals surface area contributed by atoms with Crippen molar-refractivity contribution in [2.24, 2.45) is 17.8 Å². The molecular weight excluding hydrogens is 495 g/mol. The summed E-state index contributed by atoms with van der Waals surface area (Å²) in [4.78, 5) is 24.3. The fourth-order valence-corrected chi connectivity index (χ4v) is 8.12. The molecule has 5 aliphatic rings. The summed E-state index contributed by atoms with van der Waals surface area (Å²) in [6.07, 6.45) is 14.2. The molecule has 39 heavy (non-hydrogen) atoms. The van der Waals surface area contributed by atoms with E-state index in [-0.39, 0.29) is 11.5 Å². The SMILES string of the molecule is CCc1cnc(N2CCC(CCCOc3ccc(C(=O)NC45CC6CC(CC(O)(C6)C4)C5)c(F)c3)CC2)nc1. The Morgan fingerprint density at radius 3 is 2.51 bits per heavy atom. The van der Waals surface area contributed by atoms with Gasteiger partial charge in [-0.05, 0) is 106 Å². The molecule has 2 heterocycles. The molecule has 1 aromatic heterocycles. The number of piperidine rings is 1. The van der Waals surface area contributed by atoms with Gasteiger partial charge in [-0.1, -0.05) is 6.92 Å². The maximum atomic E-state index is 14.9. The summed E-state index contributed by atoms with van der Waals surface area (Å²) in [7, 11) is 0. The summed E-state index contributed by atoms with van der Waals surface area (Å²) in [6, 6.07) is 4.54. The first-order valence-electron chi connectivity index (χ1n) is 14.9. The van der Waals surface area contributed by atoms with Gasteiger partial charge in [-0.3, -0.25) is 4.79 Å². The monoisotopic (exact) mass is 536 g/mol. The topological polar surface area (TPSA) is 87.6 Å². The number of benzene rings is 1. The summed E-state index contributed by atoms with van der Waals surface area (Å²) in [5, 5.41) is 14.1. The van der Waals surface area contributed by atoms with Gasteiger partial charge in [-0.25, -0.2) is 14.4 Å². The Labute approximate surface area is 230 Å². The third-order valence-electron chi connectivity index (χ3n) is 9.62. The van der Waals surface area contributed by atoms with E-state index >= 15 is 0 Å². The van der Waals surface area contributed by atoms with E-state index in [4.69, 9.17) is 4.74 Å². The Morgan fingerprint density at radius 2 is 1.87 bits per heavy atom. The molecule has 0 radical (unpaired) electrons. The van der Waals surface area contributed by atoms with Crippen molar-refractivity contribution >= 4 is 11.9 Å². The van der Waals surface area contributed by atoms with Gasteiger partial charge in [0.2, 0.25) is 5.95 Å². The Kier molecular flexibility index (Phi) is 7.25. The molecule has 5 fully saturated rings. The first kappa shape index (κ1) is 26.5. The Bertz CT molecular complexity index is 1170. The van der Waals surface area contributed by atoms with Gasteiger partial charge in [-0.2, -0.15) is 0 Å². The van der Waals surface area contributed by atoms with Crippen LogP contribution in [0.4, 0.5) is 10.3 Å². The zero-order valence-corrected chi connectivity index (χ0v) is 23.0. The number of nitrogens with one attached hydrogen (secondary N) is 1. The lowest BCUT2D eigenvalue weighted by atomic mass is 9.51. The molecule has 4 saturated carbocycles. The van der Waals surface area contributed by atoms with E-state index in [0.29, 0.717) is 36.5 Å². The second-order valence-corrected chi connectivity index (χ2v) is 12.7. The number of carbonyl (C=O) groups excluding carboxylic acids is 1. The molecule has 2 N–H and O–H groups in total. The number of ether oxygens (including phenoxy) is 1. The number of halogens is 1. The number of anilines is 1. The van der Waals surface area contributed by atoms with Crippen molar-refractivity contribution in [1.82, 2.24) is 15.3 Å². The summed E-state index contributed by atoms with van der Waals surface area (Å²) in [6.45, 7) is 4.56. The lowest BCUT2D eigenvalue weighted by molar-refractivity contribution is -0.139. The first-order valence-corrected chi connectivity index (χ1v) is 14.9. The van der Waals surface area contributed by atoms with Crippen molar-refractivity contribution in [3.05, 3.63) is 47.5 Å². The molecule has 210 valence electrons. The largest absolute Gasteiger partial charge is 0.493 e. The maximum absolute atomic E-state index is 14.9. The van der Waals surface area contributed by atoms with Crippen LogP contribution in [0, 0.1) is 23.6 Å². The van der Waals surface area contributed by atoms with Crippen LogP contribution in [0.5, 0.6) is 5.75 Å². The summed E-state index contributed by atoms with van der Waals surface area (Å²) >= 11 is 0. The summed E-state index contributed by atoms with van der Waals surface area (Å²) < 4.78 is 20.8. The van der Waals surface area contributed by atoms with Crippen LogP contribution in [0.1, 0.15) is 87.1 Å². The molecule has 2 aromatic rings. The van der Waals surface area contributed by atoms with E-state index in [1.54, 1.807) is 6.07 Å². The second-order valence-electron chi connectivity index (χ2n) is 12.7. The number of nitrogens with zero attached hydrogens (tertiary/aromatic N) is 3. The van der Waals surface area contributed by atoms with Crippen LogP contribution in [-0.2, 0) is 6.42 Å². The molecule has 1 saturated heterocycles. The average molecular weight is 537 g/mol. The minimum absolute atomic E-state index is 0.0464. The van der Waals surface area contributed by atoms with Crippen molar-refractivity contribution in [3.63, 3.8) is 0 Å². The van der Waals surface area contributed by atoms with E-state index < -0.39 is 17.0 Å². The number of carbonyl (C=O) groups is 1. The molecule has 0 spiro atoms. The molecule has 4 bridgehead atoms. The highest BCUT2D eigenvalue weighted by atomic mass is 19.1. The molecule has 2 unspecified atom stereocenters. The minimum Gasteiger partial charge on any atom is -0.493 e. The van der Waals surface area contributed by atoms with Crippen molar-refractivity contribution in [1.29, 1.82) is 0 Å². The molecule has 1 amide bonds. The normalized spacial score (nSPS) is 30.0. The Morgan fingerprint density at radius 1 is 1.15 bits per heavy atom. The van der Waals surface area contributed by atoms with Crippen LogP contribution in [0.3, 0.4) is 0 Å². The highest BCUT2D eigenvalue weighted by molar-refractivity contribution is 5.95. The second kappa shape index (κ2) is 10.7.